The molecule has 0 bridgehead atoms. The van der Waals surface area contributed by atoms with Gasteiger partial charge in [0.2, 0.25) is 0 Å². The molecule has 0 unspecified atom stereocenters. The molecule has 0 aromatic heterocycles. The van der Waals surface area contributed by atoms with E-state index in [4.69, 9.17) is 27.9 Å². The summed E-state index contributed by atoms with van der Waals surface area (Å²) in [5.74, 6) is 1.12. The first-order chi connectivity index (χ1) is 7.68. The standard InChI is InChI=1S/C12H12Cl2O2/c13-9-2-1-3-11(12(9)14)16-7-6-10(15)8-4-5-8/h1-3,8H,4-7H2. The van der Waals surface area contributed by atoms with Crippen LogP contribution in [0.2, 0.25) is 10.0 Å². The Labute approximate surface area is 104 Å². The summed E-state index contributed by atoms with van der Waals surface area (Å²) in [6, 6.07) is 5.22. The Kier molecular flexibility index (Phi) is 3.72. The van der Waals surface area contributed by atoms with E-state index in [1.807, 2.05) is 0 Å². The highest BCUT2D eigenvalue weighted by Gasteiger charge is 2.28. The van der Waals surface area contributed by atoms with Crippen LogP contribution in [-0.4, -0.2) is 12.4 Å². The van der Waals surface area contributed by atoms with E-state index in [1.165, 1.54) is 0 Å². The molecule has 1 aliphatic rings. The number of hydrogen-bond donors (Lipinski definition) is 0. The zero-order valence-electron chi connectivity index (χ0n) is 8.71. The smallest absolute Gasteiger partial charge is 0.139 e. The summed E-state index contributed by atoms with van der Waals surface area (Å²) < 4.78 is 5.43. The van der Waals surface area contributed by atoms with Crippen molar-refractivity contribution in [3.05, 3.63) is 28.2 Å². The van der Waals surface area contributed by atoms with Crippen LogP contribution in [0.3, 0.4) is 0 Å². The van der Waals surface area contributed by atoms with Crippen LogP contribution in [-0.2, 0) is 4.79 Å². The molecule has 0 spiro atoms. The van der Waals surface area contributed by atoms with Crippen LogP contribution in [0.5, 0.6) is 5.75 Å². The van der Waals surface area contributed by atoms with Crippen molar-refractivity contribution < 1.29 is 9.53 Å². The molecule has 0 radical (unpaired) electrons. The van der Waals surface area contributed by atoms with Crippen molar-refractivity contribution in [2.24, 2.45) is 5.92 Å². The monoisotopic (exact) mass is 258 g/mol. The first-order valence-corrected chi connectivity index (χ1v) is 6.03. The average Bonchev–Trinajstić information content (AvgIpc) is 3.07. The minimum absolute atomic E-state index is 0.290. The normalized spacial score (nSPS) is 14.9. The van der Waals surface area contributed by atoms with Gasteiger partial charge in [-0.1, -0.05) is 29.3 Å². The number of Topliss-reactive ketones (excluding diaryl/α,β-unsaturated/α-hetero) is 1. The quantitative estimate of drug-likeness (QED) is 0.805. The lowest BCUT2D eigenvalue weighted by Gasteiger charge is -2.07. The summed E-state index contributed by atoms with van der Waals surface area (Å²) in [4.78, 5) is 11.4. The maximum absolute atomic E-state index is 11.4. The second kappa shape index (κ2) is 5.07. The maximum Gasteiger partial charge on any atom is 0.139 e. The van der Waals surface area contributed by atoms with Crippen molar-refractivity contribution in [3.63, 3.8) is 0 Å². The summed E-state index contributed by atoms with van der Waals surface area (Å²) in [6.45, 7) is 0.370. The van der Waals surface area contributed by atoms with E-state index in [-0.39, 0.29) is 5.78 Å². The van der Waals surface area contributed by atoms with Gasteiger partial charge >= 0.3 is 0 Å². The molecule has 0 saturated heterocycles. The van der Waals surface area contributed by atoms with Crippen LogP contribution < -0.4 is 4.74 Å². The maximum atomic E-state index is 11.4. The van der Waals surface area contributed by atoms with E-state index in [2.05, 4.69) is 0 Å². The molecule has 86 valence electrons. The van der Waals surface area contributed by atoms with Gasteiger partial charge in [-0.05, 0) is 25.0 Å². The van der Waals surface area contributed by atoms with E-state index in [0.717, 1.165) is 12.8 Å². The molecule has 1 fully saturated rings. The Morgan fingerprint density at radius 1 is 1.38 bits per heavy atom. The molecule has 0 aliphatic heterocycles. The van der Waals surface area contributed by atoms with Gasteiger partial charge in [-0.25, -0.2) is 0 Å². The SMILES string of the molecule is O=C(CCOc1cccc(Cl)c1Cl)C1CC1. The van der Waals surface area contributed by atoms with Crippen molar-refractivity contribution >= 4 is 29.0 Å². The van der Waals surface area contributed by atoms with Crippen LogP contribution >= 0.6 is 23.2 Å². The van der Waals surface area contributed by atoms with Gasteiger partial charge in [0.1, 0.15) is 16.6 Å². The Bertz CT molecular complexity index is 400. The number of rotatable bonds is 5. The van der Waals surface area contributed by atoms with Crippen LogP contribution in [0.15, 0.2) is 18.2 Å². The molecular weight excluding hydrogens is 247 g/mol. The highest BCUT2D eigenvalue weighted by molar-refractivity contribution is 6.42. The van der Waals surface area contributed by atoms with E-state index in [1.54, 1.807) is 18.2 Å². The number of carbonyl (C=O) groups excluding carboxylic acids is 1. The molecule has 1 saturated carbocycles. The molecular formula is C12H12Cl2O2. The Morgan fingerprint density at radius 2 is 2.12 bits per heavy atom. The molecule has 1 aromatic carbocycles. The average molecular weight is 259 g/mol. The van der Waals surface area contributed by atoms with Crippen LogP contribution in [0.4, 0.5) is 0 Å². The molecule has 0 amide bonds. The van der Waals surface area contributed by atoms with E-state index < -0.39 is 0 Å². The number of ether oxygens (including phenoxy) is 1. The van der Waals surface area contributed by atoms with Gasteiger partial charge in [-0.15, -0.1) is 0 Å². The van der Waals surface area contributed by atoms with Crippen molar-refractivity contribution in [1.82, 2.24) is 0 Å². The Hall–Kier alpha value is -0.730. The Morgan fingerprint density at radius 3 is 2.81 bits per heavy atom. The molecule has 2 nitrogen and oxygen atoms in total. The third kappa shape index (κ3) is 2.89. The lowest BCUT2D eigenvalue weighted by Crippen LogP contribution is -2.07. The minimum Gasteiger partial charge on any atom is -0.492 e. The van der Waals surface area contributed by atoms with E-state index in [9.17, 15) is 4.79 Å². The predicted octanol–water partition coefficient (Wildman–Crippen LogP) is 3.74. The Balaban J connectivity index is 1.84. The van der Waals surface area contributed by atoms with Gasteiger partial charge < -0.3 is 4.74 Å². The van der Waals surface area contributed by atoms with Crippen LogP contribution in [0.25, 0.3) is 0 Å². The van der Waals surface area contributed by atoms with Crippen molar-refractivity contribution in [2.75, 3.05) is 6.61 Å². The summed E-state index contributed by atoms with van der Waals surface area (Å²) in [6.07, 6.45) is 2.53. The molecule has 1 aliphatic carbocycles. The molecule has 2 rings (SSSR count). The fraction of sp³-hybridized carbons (Fsp3) is 0.417. The number of hydrogen-bond acceptors (Lipinski definition) is 2. The summed E-state index contributed by atoms with van der Waals surface area (Å²) in [5.41, 5.74) is 0. The van der Waals surface area contributed by atoms with Crippen LogP contribution in [0.1, 0.15) is 19.3 Å². The van der Waals surface area contributed by atoms with Gasteiger partial charge in [-0.2, -0.15) is 0 Å². The topological polar surface area (TPSA) is 26.3 Å². The summed E-state index contributed by atoms with van der Waals surface area (Å²) in [5, 5.41) is 0.871. The predicted molar refractivity (Wildman–Crippen MR) is 64.3 cm³/mol. The molecule has 16 heavy (non-hydrogen) atoms. The second-order valence-corrected chi connectivity index (χ2v) is 4.68. The van der Waals surface area contributed by atoms with Gasteiger partial charge in [0.25, 0.3) is 0 Å². The summed E-state index contributed by atoms with van der Waals surface area (Å²) in [7, 11) is 0. The highest BCUT2D eigenvalue weighted by Crippen LogP contribution is 2.33. The van der Waals surface area contributed by atoms with E-state index >= 15 is 0 Å². The molecule has 4 heteroatoms. The van der Waals surface area contributed by atoms with Crippen molar-refractivity contribution in [1.29, 1.82) is 0 Å². The van der Waals surface area contributed by atoms with Crippen molar-refractivity contribution in [3.8, 4) is 5.75 Å². The molecule has 0 N–H and O–H groups in total. The number of carbonyl (C=O) groups is 1. The highest BCUT2D eigenvalue weighted by atomic mass is 35.5. The van der Waals surface area contributed by atoms with Gasteiger partial charge in [0.15, 0.2) is 0 Å². The first kappa shape index (κ1) is 11.7. The lowest BCUT2D eigenvalue weighted by molar-refractivity contribution is -0.120. The summed E-state index contributed by atoms with van der Waals surface area (Å²) >= 11 is 11.8. The zero-order valence-corrected chi connectivity index (χ0v) is 10.2. The number of halogens is 2. The third-order valence-corrected chi connectivity index (χ3v) is 3.36. The van der Waals surface area contributed by atoms with Gasteiger partial charge in [-0.3, -0.25) is 4.79 Å². The number of benzene rings is 1. The van der Waals surface area contributed by atoms with Gasteiger partial charge in [0, 0.05) is 12.3 Å². The van der Waals surface area contributed by atoms with E-state index in [0.29, 0.717) is 34.7 Å². The zero-order chi connectivity index (χ0) is 11.5. The van der Waals surface area contributed by atoms with Crippen molar-refractivity contribution in [2.45, 2.75) is 19.3 Å². The molecule has 0 atom stereocenters. The minimum atomic E-state index is 0.290. The second-order valence-electron chi connectivity index (χ2n) is 3.89. The van der Waals surface area contributed by atoms with Crippen LogP contribution in [0, 0.1) is 5.92 Å². The number of ketones is 1. The third-order valence-electron chi connectivity index (χ3n) is 2.55. The molecule has 0 heterocycles. The van der Waals surface area contributed by atoms with Gasteiger partial charge in [0.05, 0.1) is 11.6 Å². The fourth-order valence-corrected chi connectivity index (χ4v) is 1.81. The fourth-order valence-electron chi connectivity index (χ4n) is 1.47. The largest absolute Gasteiger partial charge is 0.492 e. The first-order valence-electron chi connectivity index (χ1n) is 5.28. The lowest BCUT2D eigenvalue weighted by atomic mass is 10.2. The molecule has 1 aromatic rings.